The maximum atomic E-state index is 5.66. The van der Waals surface area contributed by atoms with Crippen LogP contribution in [0.4, 0.5) is 0 Å². The van der Waals surface area contributed by atoms with Gasteiger partial charge in [-0.05, 0) is 54.1 Å². The topological polar surface area (TPSA) is 59.2 Å². The molecule has 0 unspecified atom stereocenters. The highest BCUT2D eigenvalue weighted by molar-refractivity contribution is 7.95. The van der Waals surface area contributed by atoms with Crippen LogP contribution in [0, 0.1) is 0 Å². The molecule has 0 bridgehead atoms. The van der Waals surface area contributed by atoms with Crippen LogP contribution in [-0.4, -0.2) is 26.8 Å². The molecule has 2 N–H and O–H groups in total. The number of rotatable bonds is 8. The molecule has 0 saturated carbocycles. The zero-order valence-corrected chi connectivity index (χ0v) is 21.2. The van der Waals surface area contributed by atoms with Gasteiger partial charge in [-0.3, -0.25) is 0 Å². The molecule has 0 saturated heterocycles. The summed E-state index contributed by atoms with van der Waals surface area (Å²) in [6.45, 7) is 0. The highest BCUT2D eigenvalue weighted by Gasteiger charge is 2.45. The Labute approximate surface area is 208 Å². The molecule has 4 aromatic carbocycles. The van der Waals surface area contributed by atoms with E-state index in [9.17, 15) is 0 Å². The first-order valence-corrected chi connectivity index (χ1v) is 12.5. The Morgan fingerprint density at radius 2 is 0.912 bits per heavy atom. The third kappa shape index (κ3) is 5.20. The van der Waals surface area contributed by atoms with E-state index in [-0.39, 0.29) is 17.9 Å². The zero-order valence-electron chi connectivity index (χ0n) is 19.6. The number of methoxy groups -OCH3 is 3. The van der Waals surface area contributed by atoms with Crippen molar-refractivity contribution in [2.24, 2.45) is 0 Å². The number of hydrogen-bond donors (Lipinski definition) is 0. The third-order valence-corrected chi connectivity index (χ3v) is 10.1. The van der Waals surface area contributed by atoms with Crippen molar-refractivity contribution in [2.45, 2.75) is 6.16 Å². The summed E-state index contributed by atoms with van der Waals surface area (Å²) < 4.78 is 16.9. The van der Waals surface area contributed by atoms with Crippen LogP contribution >= 0.6 is 7.26 Å². The summed E-state index contributed by atoms with van der Waals surface area (Å²) in [5, 5.41) is 4.02. The van der Waals surface area contributed by atoms with Crippen molar-refractivity contribution in [3.05, 3.63) is 109 Å². The van der Waals surface area contributed by atoms with Crippen molar-refractivity contribution in [1.29, 1.82) is 0 Å². The van der Waals surface area contributed by atoms with Crippen LogP contribution in [0.1, 0.15) is 5.56 Å². The van der Waals surface area contributed by atoms with Gasteiger partial charge >= 0.3 is 0 Å². The van der Waals surface area contributed by atoms with Gasteiger partial charge in [0, 0.05) is 0 Å². The van der Waals surface area contributed by atoms with Gasteiger partial charge in [-0.25, -0.2) is 0 Å². The fraction of sp³-hybridized carbons (Fsp3) is 0.143. The van der Waals surface area contributed by atoms with Crippen molar-refractivity contribution in [2.75, 3.05) is 21.3 Å². The first-order valence-electron chi connectivity index (χ1n) is 10.6. The molecule has 0 atom stereocenters. The van der Waals surface area contributed by atoms with Crippen LogP contribution in [0.5, 0.6) is 17.2 Å². The quantitative estimate of drug-likeness (QED) is 0.346. The average Bonchev–Trinajstić information content (AvgIpc) is 2.88. The molecule has 0 aliphatic rings. The lowest BCUT2D eigenvalue weighted by atomic mass is 10.2. The van der Waals surface area contributed by atoms with E-state index in [0.29, 0.717) is 17.2 Å². The van der Waals surface area contributed by atoms with Crippen molar-refractivity contribution >= 4 is 23.2 Å². The molecule has 0 heterocycles. The lowest BCUT2D eigenvalue weighted by Gasteiger charge is -2.28. The molecule has 0 spiro atoms. The fourth-order valence-corrected chi connectivity index (χ4v) is 8.48. The Kier molecular flexibility index (Phi) is 9.95. The standard InChI is InChI=1S/C28H28O3P.ClH.H2O/c1-29-26-19-22(20-27(30-2)28(26)31-3)21-32(23-13-7-4-8-14-23,24-15-9-5-10-16-24)25-17-11-6-12-18-25;;/h4-20H,21H2,1-3H3;1H;1H2/q+1;;/p-1. The monoisotopic (exact) mass is 496 g/mol. The number of ether oxygens (including phenoxy) is 3. The smallest absolute Gasteiger partial charge is 0.203 e. The predicted molar refractivity (Wildman–Crippen MR) is 139 cm³/mol. The van der Waals surface area contributed by atoms with Gasteiger partial charge in [0.2, 0.25) is 5.75 Å². The highest BCUT2D eigenvalue weighted by atomic mass is 35.5. The van der Waals surface area contributed by atoms with Crippen LogP contribution in [0.3, 0.4) is 0 Å². The summed E-state index contributed by atoms with van der Waals surface area (Å²) in [5.74, 6) is 1.96. The second-order valence-electron chi connectivity index (χ2n) is 7.51. The van der Waals surface area contributed by atoms with Gasteiger partial charge in [0.1, 0.15) is 23.2 Å². The normalized spacial score (nSPS) is 10.4. The molecular formula is C28H30ClO4P. The molecule has 178 valence electrons. The minimum absolute atomic E-state index is 0. The molecule has 6 heteroatoms. The Bertz CT molecular complexity index is 1030. The summed E-state index contributed by atoms with van der Waals surface area (Å²) in [6, 6.07) is 36.7. The van der Waals surface area contributed by atoms with E-state index in [1.807, 2.05) is 0 Å². The largest absolute Gasteiger partial charge is 1.00 e. The van der Waals surface area contributed by atoms with Crippen LogP contribution in [0.25, 0.3) is 0 Å². The van der Waals surface area contributed by atoms with Gasteiger partial charge < -0.3 is 32.1 Å². The van der Waals surface area contributed by atoms with E-state index in [1.165, 1.54) is 15.9 Å². The van der Waals surface area contributed by atoms with Crippen molar-refractivity contribution in [3.8, 4) is 17.2 Å². The van der Waals surface area contributed by atoms with Crippen molar-refractivity contribution < 1.29 is 32.1 Å². The average molecular weight is 497 g/mol. The van der Waals surface area contributed by atoms with Crippen molar-refractivity contribution in [3.63, 3.8) is 0 Å². The molecule has 4 nitrogen and oxygen atoms in total. The van der Waals surface area contributed by atoms with Crippen LogP contribution in [-0.2, 0) is 6.16 Å². The summed E-state index contributed by atoms with van der Waals surface area (Å²) in [5.41, 5.74) is 1.14. The molecule has 0 radical (unpaired) electrons. The Morgan fingerprint density at radius 3 is 1.21 bits per heavy atom. The molecule has 0 amide bonds. The van der Waals surface area contributed by atoms with Gasteiger partial charge in [-0.15, -0.1) is 0 Å². The van der Waals surface area contributed by atoms with E-state index in [0.717, 1.165) is 11.7 Å². The number of benzene rings is 4. The maximum absolute atomic E-state index is 5.66. The van der Waals surface area contributed by atoms with Crippen LogP contribution in [0.15, 0.2) is 103 Å². The lowest BCUT2D eigenvalue weighted by molar-refractivity contribution is -0.00000830. The van der Waals surface area contributed by atoms with E-state index >= 15 is 0 Å². The van der Waals surface area contributed by atoms with Crippen LogP contribution in [0.2, 0.25) is 0 Å². The van der Waals surface area contributed by atoms with E-state index < -0.39 is 7.26 Å². The van der Waals surface area contributed by atoms with Gasteiger partial charge in [0.15, 0.2) is 11.5 Å². The molecular weight excluding hydrogens is 467 g/mol. The molecule has 0 aromatic heterocycles. The van der Waals surface area contributed by atoms with Gasteiger partial charge in [-0.1, -0.05) is 54.6 Å². The van der Waals surface area contributed by atoms with Gasteiger partial charge in [0.25, 0.3) is 0 Å². The molecule has 34 heavy (non-hydrogen) atoms. The molecule has 0 aliphatic heterocycles. The molecule has 0 aliphatic carbocycles. The molecule has 4 rings (SSSR count). The Morgan fingerprint density at radius 1 is 0.559 bits per heavy atom. The first kappa shape index (κ1) is 27.2. The first-order chi connectivity index (χ1) is 15.7. The minimum atomic E-state index is -2.01. The lowest BCUT2D eigenvalue weighted by Crippen LogP contribution is -3.00. The number of hydrogen-bond acceptors (Lipinski definition) is 3. The second kappa shape index (κ2) is 12.4. The van der Waals surface area contributed by atoms with E-state index in [4.69, 9.17) is 14.2 Å². The Hall–Kier alpha value is -3.04. The fourth-order valence-electron chi connectivity index (χ4n) is 4.27. The van der Waals surface area contributed by atoms with Crippen molar-refractivity contribution in [1.82, 2.24) is 0 Å². The number of halogens is 1. The summed E-state index contributed by atoms with van der Waals surface area (Å²) in [4.78, 5) is 0. The Balaban J connectivity index is 0.00000204. The summed E-state index contributed by atoms with van der Waals surface area (Å²) in [6.07, 6.45) is 0.835. The maximum Gasteiger partial charge on any atom is 0.203 e. The van der Waals surface area contributed by atoms with Crippen LogP contribution < -0.4 is 42.5 Å². The molecule has 4 aromatic rings. The highest BCUT2D eigenvalue weighted by Crippen LogP contribution is 2.59. The third-order valence-electron chi connectivity index (χ3n) is 5.74. The van der Waals surface area contributed by atoms with Gasteiger partial charge in [0.05, 0.1) is 27.5 Å². The molecule has 0 fully saturated rings. The predicted octanol–water partition coefficient (Wildman–Crippen LogP) is 1.39. The summed E-state index contributed by atoms with van der Waals surface area (Å²) >= 11 is 0. The summed E-state index contributed by atoms with van der Waals surface area (Å²) in [7, 11) is 2.95. The SMILES string of the molecule is COc1cc(C[P+](c2ccccc2)(c2ccccc2)c2ccccc2)cc(OC)c1OC.O.[Cl-]. The van der Waals surface area contributed by atoms with Gasteiger partial charge in [-0.2, -0.15) is 0 Å². The minimum Gasteiger partial charge on any atom is -1.00 e. The zero-order chi connectivity index (χ0) is 22.4. The van der Waals surface area contributed by atoms with E-state index in [1.54, 1.807) is 21.3 Å². The second-order valence-corrected chi connectivity index (χ2v) is 11.0. The van der Waals surface area contributed by atoms with E-state index in [2.05, 4.69) is 103 Å².